The zero-order chi connectivity index (χ0) is 53.8. The molecule has 4 aliphatic rings. The molecule has 1 aromatic carbocycles. The van der Waals surface area contributed by atoms with E-state index in [0.29, 0.717) is 49.9 Å². The number of hydrogen-bond donors (Lipinski definition) is 7. The zero-order valence-electron chi connectivity index (χ0n) is 45.3. The first kappa shape index (κ1) is 59.1. The second-order valence-corrected chi connectivity index (χ2v) is 23.8. The van der Waals surface area contributed by atoms with Crippen molar-refractivity contribution in [2.24, 2.45) is 22.7 Å². The number of carbonyl (C=O) groups excluding carboxylic acids is 8. The third-order valence-corrected chi connectivity index (χ3v) is 16.0. The van der Waals surface area contributed by atoms with Crippen LogP contribution in [0.5, 0.6) is 0 Å². The molecule has 1 aromatic rings. The lowest BCUT2D eigenvalue weighted by Crippen LogP contribution is -2.60. The molecule has 0 bridgehead atoms. The van der Waals surface area contributed by atoms with Gasteiger partial charge in [-0.1, -0.05) is 80.1 Å². The number of likely N-dealkylation sites (N-methyl/N-ethyl adjacent to an activating group) is 2. The highest BCUT2D eigenvalue weighted by atomic mass is 35.5. The topological polar surface area (TPSA) is 230 Å². The van der Waals surface area contributed by atoms with Gasteiger partial charge in [-0.05, 0) is 131 Å². The predicted molar refractivity (Wildman–Crippen MR) is 282 cm³/mol. The van der Waals surface area contributed by atoms with Crippen LogP contribution in [0.4, 0.5) is 0 Å². The summed E-state index contributed by atoms with van der Waals surface area (Å²) in [7, 11) is 3.25. The van der Waals surface area contributed by atoms with Gasteiger partial charge in [-0.25, -0.2) is 4.42 Å². The number of hydrogen-bond acceptors (Lipinski definition) is 10. The summed E-state index contributed by atoms with van der Waals surface area (Å²) in [6.07, 6.45) is 12.1. The average Bonchev–Trinajstić information content (AvgIpc) is 4.08. The Bertz CT molecular complexity index is 2080. The van der Waals surface area contributed by atoms with E-state index in [-0.39, 0.29) is 78.4 Å². The first-order chi connectivity index (χ1) is 34.4. The van der Waals surface area contributed by atoms with Crippen molar-refractivity contribution in [3.63, 3.8) is 0 Å². The molecule has 4 fully saturated rings. The van der Waals surface area contributed by atoms with Gasteiger partial charge in [0.2, 0.25) is 35.4 Å². The molecular weight excluding hydrogens is 952 g/mol. The Balaban J connectivity index is 1.20. The smallest absolute Gasteiger partial charge is 0.251 e. The highest BCUT2D eigenvalue weighted by Gasteiger charge is 2.45. The molecule has 2 aliphatic heterocycles. The molecule has 0 unspecified atom stereocenters. The van der Waals surface area contributed by atoms with Gasteiger partial charge in [-0.15, -0.1) is 0 Å². The fraction of sp³-hybridized carbons (Fsp3) is 0.741. The molecule has 0 aromatic heterocycles. The SMILES string of the molecule is CN[C@@H](C)C(=O)N[C@H](C(=O)N1CCC[C@H]1C(=O)N[C@H](CNC(=O)c1ccc(C(=O)NC[C@@H](NC(=O)[C@@H]2CCCN2C(=O)[C@@H](NC(=O)[C@H](C)N(C)Cl)C(C)(C)C)C2CCCCC2)cc1)C1CCCCC1)C(C)(C)C. The molecule has 8 atom stereocenters. The van der Waals surface area contributed by atoms with E-state index in [2.05, 4.69) is 37.2 Å². The van der Waals surface area contributed by atoms with Crippen LogP contribution in [0.2, 0.25) is 0 Å². The lowest BCUT2D eigenvalue weighted by Gasteiger charge is -2.37. The Hall–Kier alpha value is -4.81. The highest BCUT2D eigenvalue weighted by Crippen LogP contribution is 2.31. The molecule has 7 N–H and O–H groups in total. The van der Waals surface area contributed by atoms with Crippen molar-refractivity contribution in [1.29, 1.82) is 0 Å². The van der Waals surface area contributed by atoms with E-state index in [4.69, 9.17) is 11.8 Å². The van der Waals surface area contributed by atoms with E-state index in [9.17, 15) is 38.4 Å². The van der Waals surface area contributed by atoms with Crippen LogP contribution in [0.15, 0.2) is 24.3 Å². The summed E-state index contributed by atoms with van der Waals surface area (Å²) in [5.74, 6) is -2.32. The standard InChI is InChI=1S/C54H87ClN10O8/c1-33(56-9)45(66)61-43(53(3,4)5)51(72)64-29-17-23-41(64)49(70)59-39(35-19-13-11-14-20-35)31-57-47(68)37-25-27-38(28-26-37)48(69)58-32-40(36-21-15-12-16-22-36)60-50(71)42-24-18-30-65(42)52(73)44(54(6,7)8)62-46(67)34(2)63(10)55/h25-28,33-36,39-44,56H,11-24,29-32H2,1-10H3,(H,57,68)(H,58,69)(H,59,70)(H,60,71)(H,61,66)(H,62,67)/t33-,34-,39+,40+,41-,42-,43+,44+/m0/s1. The predicted octanol–water partition coefficient (Wildman–Crippen LogP) is 4.40. The number of likely N-dealkylation sites (tertiary alicyclic amines) is 2. The van der Waals surface area contributed by atoms with Gasteiger partial charge in [0.25, 0.3) is 11.8 Å². The number of benzene rings is 1. The molecule has 2 saturated heterocycles. The van der Waals surface area contributed by atoms with Crippen molar-refractivity contribution in [2.75, 3.05) is 40.3 Å². The molecule has 0 radical (unpaired) electrons. The van der Waals surface area contributed by atoms with Gasteiger partial charge in [0, 0.05) is 56.4 Å². The minimum absolute atomic E-state index is 0.124. The molecule has 2 aliphatic carbocycles. The second kappa shape index (κ2) is 26.6. The Morgan fingerprint density at radius 3 is 1.29 bits per heavy atom. The van der Waals surface area contributed by atoms with Crippen LogP contribution in [-0.4, -0.2) is 150 Å². The first-order valence-corrected chi connectivity index (χ1v) is 27.3. The number of nitrogens with zero attached hydrogens (tertiary/aromatic N) is 3. The summed E-state index contributed by atoms with van der Waals surface area (Å²) < 4.78 is 1.25. The van der Waals surface area contributed by atoms with Crippen LogP contribution in [-0.2, 0) is 28.8 Å². The Morgan fingerprint density at radius 2 is 0.945 bits per heavy atom. The minimum atomic E-state index is -0.888. The molecule has 5 rings (SSSR count). The largest absolute Gasteiger partial charge is 0.350 e. The van der Waals surface area contributed by atoms with Crippen LogP contribution >= 0.6 is 11.8 Å². The van der Waals surface area contributed by atoms with E-state index in [1.165, 1.54) is 4.42 Å². The van der Waals surface area contributed by atoms with E-state index < -0.39 is 53.0 Å². The zero-order valence-corrected chi connectivity index (χ0v) is 46.1. The molecular formula is C54H87ClN10O8. The molecule has 0 spiro atoms. The van der Waals surface area contributed by atoms with Gasteiger partial charge < -0.3 is 47.0 Å². The van der Waals surface area contributed by atoms with Crippen molar-refractivity contribution < 1.29 is 38.4 Å². The summed E-state index contributed by atoms with van der Waals surface area (Å²) in [4.78, 5) is 113. The Kier molecular flexibility index (Phi) is 21.5. The van der Waals surface area contributed by atoms with Gasteiger partial charge in [0.15, 0.2) is 0 Å². The second-order valence-electron chi connectivity index (χ2n) is 23.2. The van der Waals surface area contributed by atoms with Crippen molar-refractivity contribution in [2.45, 2.75) is 194 Å². The van der Waals surface area contributed by atoms with Gasteiger partial charge in [0.05, 0.1) is 6.04 Å². The van der Waals surface area contributed by atoms with E-state index in [1.807, 2.05) is 41.5 Å². The molecule has 18 nitrogen and oxygen atoms in total. The lowest BCUT2D eigenvalue weighted by molar-refractivity contribution is -0.144. The highest BCUT2D eigenvalue weighted by molar-refractivity contribution is 6.14. The van der Waals surface area contributed by atoms with Crippen LogP contribution in [0.25, 0.3) is 0 Å². The molecule has 2 heterocycles. The van der Waals surface area contributed by atoms with E-state index in [0.717, 1.165) is 64.2 Å². The molecule has 19 heteroatoms. The van der Waals surface area contributed by atoms with Crippen LogP contribution in [0, 0.1) is 22.7 Å². The third kappa shape index (κ3) is 16.1. The maximum Gasteiger partial charge on any atom is 0.251 e. The van der Waals surface area contributed by atoms with Gasteiger partial charge >= 0.3 is 0 Å². The van der Waals surface area contributed by atoms with E-state index in [1.54, 1.807) is 62.0 Å². The average molecular weight is 1040 g/mol. The summed E-state index contributed by atoms with van der Waals surface area (Å²) in [5.41, 5.74) is -0.568. The van der Waals surface area contributed by atoms with Crippen LogP contribution in [0.1, 0.15) is 166 Å². The first-order valence-electron chi connectivity index (χ1n) is 27.0. The number of carbonyl (C=O) groups is 8. The van der Waals surface area contributed by atoms with Crippen LogP contribution < -0.4 is 37.2 Å². The van der Waals surface area contributed by atoms with Gasteiger partial charge in [0.1, 0.15) is 30.2 Å². The van der Waals surface area contributed by atoms with Crippen LogP contribution in [0.3, 0.4) is 0 Å². The molecule has 73 heavy (non-hydrogen) atoms. The number of amides is 8. The third-order valence-electron chi connectivity index (χ3n) is 15.7. The maximum atomic E-state index is 14.2. The molecule has 408 valence electrons. The number of rotatable bonds is 20. The maximum absolute atomic E-state index is 14.2. The van der Waals surface area contributed by atoms with E-state index >= 15 is 0 Å². The normalized spacial score (nSPS) is 21.5. The Morgan fingerprint density at radius 1 is 0.575 bits per heavy atom. The number of nitrogens with one attached hydrogen (secondary N) is 7. The van der Waals surface area contributed by atoms with Crippen molar-refractivity contribution in [3.8, 4) is 0 Å². The number of halogens is 1. The lowest BCUT2D eigenvalue weighted by atomic mass is 9.83. The molecule has 2 saturated carbocycles. The fourth-order valence-corrected chi connectivity index (χ4v) is 10.8. The van der Waals surface area contributed by atoms with Gasteiger partial charge in [-0.2, -0.15) is 0 Å². The van der Waals surface area contributed by atoms with Crippen molar-refractivity contribution in [1.82, 2.24) is 51.4 Å². The fourth-order valence-electron chi connectivity index (χ4n) is 10.7. The summed E-state index contributed by atoms with van der Waals surface area (Å²) >= 11 is 6.06. The summed E-state index contributed by atoms with van der Waals surface area (Å²) in [6, 6.07) is 1.28. The monoisotopic (exact) mass is 1040 g/mol. The quantitative estimate of drug-likeness (QED) is 0.0911. The summed E-state index contributed by atoms with van der Waals surface area (Å²) in [5, 5.41) is 21.2. The van der Waals surface area contributed by atoms with Crippen molar-refractivity contribution >= 4 is 59.0 Å². The van der Waals surface area contributed by atoms with Gasteiger partial charge in [-0.3, -0.25) is 38.4 Å². The Labute approximate surface area is 439 Å². The molecule has 8 amide bonds. The minimum Gasteiger partial charge on any atom is -0.350 e. The van der Waals surface area contributed by atoms with Crippen molar-refractivity contribution in [3.05, 3.63) is 35.4 Å². The summed E-state index contributed by atoms with van der Waals surface area (Å²) in [6.45, 7) is 15.8.